The van der Waals surface area contributed by atoms with Crippen LogP contribution in [0.5, 0.6) is 0 Å². The number of unbranched alkanes of at least 4 members (excludes halogenated alkanes) is 5. The number of allylic oxidation sites excluding steroid dienone is 8. The number of hydrogen-bond acceptors (Lipinski definition) is 0. The first-order valence-electron chi connectivity index (χ1n) is 12.5. The van der Waals surface area contributed by atoms with E-state index in [9.17, 15) is 0 Å². The molecule has 1 aromatic carbocycles. The smallest absolute Gasteiger partial charge is 0.0100 e. The van der Waals surface area contributed by atoms with Gasteiger partial charge >= 0.3 is 0 Å². The number of benzene rings is 1. The Morgan fingerprint density at radius 2 is 1.58 bits per heavy atom. The van der Waals surface area contributed by atoms with Gasteiger partial charge < -0.3 is 0 Å². The molecule has 0 aliphatic heterocycles. The predicted molar refractivity (Wildman–Crippen MR) is 141 cm³/mol. The molecule has 0 bridgehead atoms. The SMILES string of the molecule is C/C=C(/C=C\C=C(C)\C=C/CCCCCCC)c1ccc2c(c1)C(C)(C)CCC2(C)C. The van der Waals surface area contributed by atoms with Crippen molar-refractivity contribution in [2.24, 2.45) is 0 Å². The quantitative estimate of drug-likeness (QED) is 0.262. The summed E-state index contributed by atoms with van der Waals surface area (Å²) in [5.74, 6) is 0. The standard InChI is InChI=1S/C31H46/c1-8-10-11-12-13-14-15-17-25(3)18-16-19-26(9-2)27-20-21-28-29(24-27)31(6,7)23-22-30(28,4)5/h9,15-21,24H,8,10-14,22-23H2,1-7H3/b17-15-,19-16-,25-18+,26-9-. The third kappa shape index (κ3) is 7.37. The molecule has 170 valence electrons. The molecule has 0 atom stereocenters. The van der Waals surface area contributed by atoms with E-state index >= 15 is 0 Å². The molecular weight excluding hydrogens is 372 g/mol. The van der Waals surface area contributed by atoms with Crippen LogP contribution < -0.4 is 0 Å². The van der Waals surface area contributed by atoms with Gasteiger partial charge in [-0.3, -0.25) is 0 Å². The number of fused-ring (bicyclic) bond motifs is 1. The van der Waals surface area contributed by atoms with Crippen molar-refractivity contribution in [2.45, 2.75) is 111 Å². The molecule has 0 unspecified atom stereocenters. The highest BCUT2D eigenvalue weighted by molar-refractivity contribution is 5.75. The molecule has 0 saturated carbocycles. The van der Waals surface area contributed by atoms with Crippen LogP contribution in [-0.4, -0.2) is 0 Å². The maximum atomic E-state index is 2.45. The molecule has 0 aromatic heterocycles. The Morgan fingerprint density at radius 1 is 0.903 bits per heavy atom. The molecule has 0 amide bonds. The molecule has 0 spiro atoms. The van der Waals surface area contributed by atoms with Crippen molar-refractivity contribution in [2.75, 3.05) is 0 Å². The van der Waals surface area contributed by atoms with Gasteiger partial charge in [-0.2, -0.15) is 0 Å². The van der Waals surface area contributed by atoms with E-state index in [1.165, 1.54) is 79.2 Å². The lowest BCUT2D eigenvalue weighted by Gasteiger charge is -2.42. The lowest BCUT2D eigenvalue weighted by atomic mass is 9.63. The maximum absolute atomic E-state index is 2.45. The van der Waals surface area contributed by atoms with E-state index in [2.05, 4.69) is 103 Å². The van der Waals surface area contributed by atoms with Crippen LogP contribution in [0.15, 0.2) is 60.2 Å². The van der Waals surface area contributed by atoms with Crippen molar-refractivity contribution in [3.05, 3.63) is 76.9 Å². The fourth-order valence-electron chi connectivity index (χ4n) is 4.62. The first kappa shape index (κ1) is 25.4. The van der Waals surface area contributed by atoms with Crippen molar-refractivity contribution in [3.63, 3.8) is 0 Å². The maximum Gasteiger partial charge on any atom is -0.0100 e. The van der Waals surface area contributed by atoms with Crippen LogP contribution in [0.2, 0.25) is 0 Å². The molecule has 0 heteroatoms. The highest BCUT2D eigenvalue weighted by Gasteiger charge is 2.36. The van der Waals surface area contributed by atoms with Gasteiger partial charge in [0.15, 0.2) is 0 Å². The third-order valence-corrected chi connectivity index (χ3v) is 6.99. The Balaban J connectivity index is 2.05. The number of hydrogen-bond donors (Lipinski definition) is 0. The number of rotatable bonds is 10. The monoisotopic (exact) mass is 418 g/mol. The molecule has 2 rings (SSSR count). The molecule has 0 heterocycles. The van der Waals surface area contributed by atoms with Crippen LogP contribution in [0.1, 0.15) is 117 Å². The molecule has 1 aromatic rings. The van der Waals surface area contributed by atoms with Crippen LogP contribution in [0.3, 0.4) is 0 Å². The van der Waals surface area contributed by atoms with Gasteiger partial charge in [-0.25, -0.2) is 0 Å². The van der Waals surface area contributed by atoms with E-state index in [1.807, 2.05) is 0 Å². The first-order valence-corrected chi connectivity index (χ1v) is 12.5. The molecule has 0 nitrogen and oxygen atoms in total. The minimum absolute atomic E-state index is 0.251. The lowest BCUT2D eigenvalue weighted by Crippen LogP contribution is -2.33. The zero-order valence-electron chi connectivity index (χ0n) is 21.4. The van der Waals surface area contributed by atoms with Gasteiger partial charge in [0.1, 0.15) is 0 Å². The van der Waals surface area contributed by atoms with Gasteiger partial charge in [0.05, 0.1) is 0 Å². The second-order valence-corrected chi connectivity index (χ2v) is 10.6. The van der Waals surface area contributed by atoms with Gasteiger partial charge in [0.2, 0.25) is 0 Å². The molecule has 1 aliphatic rings. The minimum atomic E-state index is 0.251. The normalized spacial score (nSPS) is 18.7. The van der Waals surface area contributed by atoms with Crippen LogP contribution in [0, 0.1) is 0 Å². The second kappa shape index (κ2) is 11.7. The summed E-state index contributed by atoms with van der Waals surface area (Å²) in [6, 6.07) is 7.15. The summed E-state index contributed by atoms with van der Waals surface area (Å²) in [6.45, 7) is 16.2. The zero-order chi connectivity index (χ0) is 22.9. The molecule has 0 saturated heterocycles. The Morgan fingerprint density at radius 3 is 2.26 bits per heavy atom. The Bertz CT molecular complexity index is 824. The van der Waals surface area contributed by atoms with E-state index < -0.39 is 0 Å². The fourth-order valence-corrected chi connectivity index (χ4v) is 4.62. The molecule has 31 heavy (non-hydrogen) atoms. The lowest BCUT2D eigenvalue weighted by molar-refractivity contribution is 0.332. The van der Waals surface area contributed by atoms with Gasteiger partial charge in [-0.15, -0.1) is 0 Å². The Kier molecular flexibility index (Phi) is 9.60. The zero-order valence-corrected chi connectivity index (χ0v) is 21.4. The molecule has 1 aliphatic carbocycles. The Hall–Kier alpha value is -1.82. The van der Waals surface area contributed by atoms with Crippen LogP contribution in [-0.2, 0) is 10.8 Å². The van der Waals surface area contributed by atoms with Crippen molar-refractivity contribution in [3.8, 4) is 0 Å². The largest absolute Gasteiger partial charge is 0.0843 e. The van der Waals surface area contributed by atoms with Gasteiger partial charge in [0.25, 0.3) is 0 Å². The van der Waals surface area contributed by atoms with E-state index in [0.29, 0.717) is 0 Å². The highest BCUT2D eigenvalue weighted by atomic mass is 14.4. The third-order valence-electron chi connectivity index (χ3n) is 6.99. The summed E-state index contributed by atoms with van der Waals surface area (Å²) >= 11 is 0. The van der Waals surface area contributed by atoms with Crippen molar-refractivity contribution in [1.82, 2.24) is 0 Å². The summed E-state index contributed by atoms with van der Waals surface area (Å²) < 4.78 is 0. The predicted octanol–water partition coefficient (Wildman–Crippen LogP) is 9.86. The molecular formula is C31H46. The molecule has 0 N–H and O–H groups in total. The van der Waals surface area contributed by atoms with E-state index in [1.54, 1.807) is 0 Å². The molecule has 0 fully saturated rings. The van der Waals surface area contributed by atoms with Crippen LogP contribution >= 0.6 is 0 Å². The van der Waals surface area contributed by atoms with Crippen LogP contribution in [0.4, 0.5) is 0 Å². The average Bonchev–Trinajstić information content (AvgIpc) is 2.74. The van der Waals surface area contributed by atoms with E-state index in [4.69, 9.17) is 0 Å². The Labute approximate surface area is 193 Å². The van der Waals surface area contributed by atoms with Gasteiger partial charge in [-0.05, 0) is 72.6 Å². The second-order valence-electron chi connectivity index (χ2n) is 10.6. The van der Waals surface area contributed by atoms with Crippen molar-refractivity contribution in [1.29, 1.82) is 0 Å². The summed E-state index contributed by atoms with van der Waals surface area (Å²) in [5, 5.41) is 0. The van der Waals surface area contributed by atoms with Crippen molar-refractivity contribution >= 4 is 5.57 Å². The summed E-state index contributed by atoms with van der Waals surface area (Å²) in [6.07, 6.45) is 24.0. The summed E-state index contributed by atoms with van der Waals surface area (Å²) in [4.78, 5) is 0. The van der Waals surface area contributed by atoms with Gasteiger partial charge in [0, 0.05) is 0 Å². The topological polar surface area (TPSA) is 0 Å². The molecule has 0 radical (unpaired) electrons. The van der Waals surface area contributed by atoms with E-state index in [0.717, 1.165) is 0 Å². The van der Waals surface area contributed by atoms with E-state index in [-0.39, 0.29) is 10.8 Å². The van der Waals surface area contributed by atoms with Crippen LogP contribution in [0.25, 0.3) is 5.57 Å². The van der Waals surface area contributed by atoms with Crippen molar-refractivity contribution < 1.29 is 0 Å². The average molecular weight is 419 g/mol. The summed E-state index contributed by atoms with van der Waals surface area (Å²) in [5.41, 5.74) is 7.53. The highest BCUT2D eigenvalue weighted by Crippen LogP contribution is 2.46. The first-order chi connectivity index (χ1) is 14.7. The van der Waals surface area contributed by atoms with Gasteiger partial charge in [-0.1, -0.05) is 121 Å². The fraction of sp³-hybridized carbons (Fsp3) is 0.548. The minimum Gasteiger partial charge on any atom is -0.0843 e. The summed E-state index contributed by atoms with van der Waals surface area (Å²) in [7, 11) is 0.